The molecule has 4 amide bonds. The van der Waals surface area contributed by atoms with Crippen LogP contribution < -0.4 is 4.90 Å². The number of hydrogen-bond donors (Lipinski definition) is 0. The second-order valence-electron chi connectivity index (χ2n) is 6.93. The summed E-state index contributed by atoms with van der Waals surface area (Å²) in [6, 6.07) is 7.89. The summed E-state index contributed by atoms with van der Waals surface area (Å²) in [5.41, 5.74) is 2.34. The fraction of sp³-hybridized carbons (Fsp3) is 0.526. The van der Waals surface area contributed by atoms with E-state index in [0.717, 1.165) is 28.5 Å². The largest absolute Gasteiger partial charge is 0.372 e. The molecule has 26 heavy (non-hydrogen) atoms. The Bertz CT molecular complexity index is 683. The van der Waals surface area contributed by atoms with E-state index in [9.17, 15) is 14.4 Å². The smallest absolute Gasteiger partial charge is 0.335 e. The Kier molecular flexibility index (Phi) is 5.56. The molecule has 2 fully saturated rings. The fourth-order valence-corrected chi connectivity index (χ4v) is 3.52. The molecular weight excluding hydrogens is 332 g/mol. The summed E-state index contributed by atoms with van der Waals surface area (Å²) in [4.78, 5) is 42.1. The van der Waals surface area contributed by atoms with Gasteiger partial charge in [0.15, 0.2) is 0 Å². The second kappa shape index (κ2) is 7.86. The highest BCUT2D eigenvalue weighted by Gasteiger charge is 2.43. The van der Waals surface area contributed by atoms with Gasteiger partial charge in [-0.15, -0.1) is 0 Å². The number of carbonyl (C=O) groups is 3. The number of likely N-dealkylation sites (N-methyl/N-ethyl adjacent to an activating group) is 1. The van der Waals surface area contributed by atoms with Gasteiger partial charge in [0.2, 0.25) is 0 Å². The zero-order valence-electron chi connectivity index (χ0n) is 15.5. The number of amides is 4. The first-order valence-electron chi connectivity index (χ1n) is 9.21. The van der Waals surface area contributed by atoms with Gasteiger partial charge in [-0.25, -0.2) is 9.69 Å². The maximum Gasteiger partial charge on any atom is 0.335 e. The minimum absolute atomic E-state index is 0.105. The Morgan fingerprint density at radius 2 is 1.54 bits per heavy atom. The highest BCUT2D eigenvalue weighted by Crippen LogP contribution is 2.21. The van der Waals surface area contributed by atoms with E-state index in [0.29, 0.717) is 6.54 Å². The second-order valence-corrected chi connectivity index (χ2v) is 6.93. The van der Waals surface area contributed by atoms with E-state index in [2.05, 4.69) is 29.2 Å². The summed E-state index contributed by atoms with van der Waals surface area (Å²) in [5, 5.41) is 0. The highest BCUT2D eigenvalue weighted by molar-refractivity contribution is 6.44. The van der Waals surface area contributed by atoms with Crippen molar-refractivity contribution in [3.8, 4) is 0 Å². The van der Waals surface area contributed by atoms with Crippen LogP contribution in [0.3, 0.4) is 0 Å². The van der Waals surface area contributed by atoms with Crippen LogP contribution in [-0.2, 0) is 16.1 Å². The van der Waals surface area contributed by atoms with Gasteiger partial charge in [0.25, 0.3) is 0 Å². The van der Waals surface area contributed by atoms with E-state index < -0.39 is 17.8 Å². The maximum absolute atomic E-state index is 12.1. The summed E-state index contributed by atoms with van der Waals surface area (Å²) < 4.78 is 0. The molecule has 1 aromatic rings. The summed E-state index contributed by atoms with van der Waals surface area (Å²) in [6.07, 6.45) is 3.80. The van der Waals surface area contributed by atoms with Crippen LogP contribution in [0.4, 0.5) is 10.5 Å². The van der Waals surface area contributed by atoms with E-state index in [-0.39, 0.29) is 13.2 Å². The molecule has 1 aromatic carbocycles. The Hall–Kier alpha value is -2.41. The van der Waals surface area contributed by atoms with Crippen molar-refractivity contribution in [2.75, 3.05) is 38.3 Å². The standard InChI is InChI=1S/C19H26N4O3/c1-3-22-17(24)18(25)23(19(22)26)14-20(2)13-15-7-9-16(10-8-15)21-11-5-4-6-12-21/h7-10H,3-6,11-14H2,1-2H3. The predicted octanol–water partition coefficient (Wildman–Crippen LogP) is 1.88. The minimum atomic E-state index is -0.746. The van der Waals surface area contributed by atoms with Crippen molar-refractivity contribution in [2.24, 2.45) is 0 Å². The number of piperidine rings is 1. The van der Waals surface area contributed by atoms with Gasteiger partial charge in [-0.2, -0.15) is 0 Å². The number of nitrogens with zero attached hydrogens (tertiary/aromatic N) is 4. The lowest BCUT2D eigenvalue weighted by molar-refractivity contribution is -0.143. The summed E-state index contributed by atoms with van der Waals surface area (Å²) in [6.45, 7) is 4.81. The summed E-state index contributed by atoms with van der Waals surface area (Å²) in [7, 11) is 1.83. The zero-order valence-corrected chi connectivity index (χ0v) is 15.5. The monoisotopic (exact) mass is 358 g/mol. The first kappa shape index (κ1) is 18.4. The molecule has 140 valence electrons. The van der Waals surface area contributed by atoms with Crippen LogP contribution >= 0.6 is 0 Å². The van der Waals surface area contributed by atoms with E-state index >= 15 is 0 Å². The molecule has 0 atom stereocenters. The Morgan fingerprint density at radius 3 is 2.12 bits per heavy atom. The van der Waals surface area contributed by atoms with Crippen molar-refractivity contribution in [3.05, 3.63) is 29.8 Å². The predicted molar refractivity (Wildman–Crippen MR) is 98.5 cm³/mol. The fourth-order valence-electron chi connectivity index (χ4n) is 3.52. The van der Waals surface area contributed by atoms with Gasteiger partial charge < -0.3 is 4.90 Å². The van der Waals surface area contributed by atoms with Gasteiger partial charge in [-0.1, -0.05) is 12.1 Å². The zero-order chi connectivity index (χ0) is 18.7. The van der Waals surface area contributed by atoms with Gasteiger partial charge in [0, 0.05) is 31.9 Å². The maximum atomic E-state index is 12.1. The van der Waals surface area contributed by atoms with Gasteiger partial charge in [-0.3, -0.25) is 19.4 Å². The van der Waals surface area contributed by atoms with Crippen molar-refractivity contribution in [1.29, 1.82) is 0 Å². The van der Waals surface area contributed by atoms with Crippen molar-refractivity contribution < 1.29 is 14.4 Å². The molecule has 7 nitrogen and oxygen atoms in total. The first-order chi connectivity index (χ1) is 12.5. The highest BCUT2D eigenvalue weighted by atomic mass is 16.2. The van der Waals surface area contributed by atoms with Gasteiger partial charge in [-0.05, 0) is 50.9 Å². The van der Waals surface area contributed by atoms with Crippen LogP contribution in [0.25, 0.3) is 0 Å². The topological polar surface area (TPSA) is 64.2 Å². The molecule has 2 saturated heterocycles. The van der Waals surface area contributed by atoms with Gasteiger partial charge in [0.05, 0.1) is 6.67 Å². The normalized spacial score (nSPS) is 18.4. The lowest BCUT2D eigenvalue weighted by Crippen LogP contribution is -2.40. The number of benzene rings is 1. The lowest BCUT2D eigenvalue weighted by Gasteiger charge is -2.29. The molecule has 0 aliphatic carbocycles. The molecule has 0 N–H and O–H groups in total. The molecule has 0 saturated carbocycles. The number of anilines is 1. The average molecular weight is 358 g/mol. The van der Waals surface area contributed by atoms with E-state index in [1.165, 1.54) is 24.9 Å². The number of imide groups is 2. The van der Waals surface area contributed by atoms with Crippen LogP contribution in [-0.4, -0.2) is 65.9 Å². The SMILES string of the molecule is CCN1C(=O)C(=O)N(CN(C)Cc2ccc(N3CCCCC3)cc2)C1=O. The number of carbonyl (C=O) groups excluding carboxylic acids is 3. The number of hydrogen-bond acceptors (Lipinski definition) is 5. The number of rotatable bonds is 6. The van der Waals surface area contributed by atoms with E-state index in [4.69, 9.17) is 0 Å². The average Bonchev–Trinajstić information content (AvgIpc) is 2.86. The van der Waals surface area contributed by atoms with Gasteiger partial charge in [0.1, 0.15) is 0 Å². The third-order valence-electron chi connectivity index (χ3n) is 4.94. The number of urea groups is 1. The van der Waals surface area contributed by atoms with Gasteiger partial charge >= 0.3 is 17.8 Å². The van der Waals surface area contributed by atoms with Crippen molar-refractivity contribution in [1.82, 2.24) is 14.7 Å². The van der Waals surface area contributed by atoms with Crippen LogP contribution in [0.2, 0.25) is 0 Å². The van der Waals surface area contributed by atoms with Crippen molar-refractivity contribution in [3.63, 3.8) is 0 Å². The molecule has 2 heterocycles. The molecule has 2 aliphatic rings. The van der Waals surface area contributed by atoms with Crippen LogP contribution in [0.15, 0.2) is 24.3 Å². The van der Waals surface area contributed by atoms with E-state index in [1.807, 2.05) is 11.9 Å². The molecule has 0 spiro atoms. The molecule has 7 heteroatoms. The molecule has 0 unspecified atom stereocenters. The van der Waals surface area contributed by atoms with Crippen LogP contribution in [0.5, 0.6) is 0 Å². The summed E-state index contributed by atoms with van der Waals surface area (Å²) >= 11 is 0. The van der Waals surface area contributed by atoms with Crippen LogP contribution in [0.1, 0.15) is 31.7 Å². The third-order valence-corrected chi connectivity index (χ3v) is 4.94. The quantitative estimate of drug-likeness (QED) is 0.574. The molecule has 3 rings (SSSR count). The Balaban J connectivity index is 1.58. The minimum Gasteiger partial charge on any atom is -0.372 e. The van der Waals surface area contributed by atoms with E-state index in [1.54, 1.807) is 6.92 Å². The summed E-state index contributed by atoms with van der Waals surface area (Å²) in [5.74, 6) is -1.49. The molecule has 0 radical (unpaired) electrons. The third kappa shape index (κ3) is 3.72. The molecule has 2 aliphatic heterocycles. The van der Waals surface area contributed by atoms with Crippen molar-refractivity contribution >= 4 is 23.5 Å². The Morgan fingerprint density at radius 1 is 0.923 bits per heavy atom. The Labute approximate surface area is 154 Å². The molecule has 0 aromatic heterocycles. The molecule has 0 bridgehead atoms. The molecular formula is C19H26N4O3. The lowest BCUT2D eigenvalue weighted by atomic mass is 10.1. The first-order valence-corrected chi connectivity index (χ1v) is 9.21. The van der Waals surface area contributed by atoms with Crippen LogP contribution in [0, 0.1) is 0 Å². The van der Waals surface area contributed by atoms with Crippen molar-refractivity contribution in [2.45, 2.75) is 32.7 Å².